The van der Waals surface area contributed by atoms with E-state index in [0.717, 1.165) is 12.2 Å². The fourth-order valence-corrected chi connectivity index (χ4v) is 1.44. The van der Waals surface area contributed by atoms with Crippen molar-refractivity contribution in [3.63, 3.8) is 0 Å². The molecular weight excluding hydrogens is 138 g/mol. The number of nitrogens with zero attached hydrogens (tertiary/aromatic N) is 2. The van der Waals surface area contributed by atoms with Gasteiger partial charge in [0.2, 0.25) is 0 Å². The summed E-state index contributed by atoms with van der Waals surface area (Å²) in [4.78, 5) is 8.07. The van der Waals surface area contributed by atoms with Crippen LogP contribution in [0.1, 0.15) is 24.6 Å². The SMILES string of the molecule is c1cc([C@@H]2CCCN2)ncn1. The van der Waals surface area contributed by atoms with Gasteiger partial charge in [0.15, 0.2) is 0 Å². The topological polar surface area (TPSA) is 37.8 Å². The van der Waals surface area contributed by atoms with Crippen LogP contribution in [0.3, 0.4) is 0 Å². The second-order valence-electron chi connectivity index (χ2n) is 2.78. The Labute approximate surface area is 65.9 Å². The van der Waals surface area contributed by atoms with E-state index in [2.05, 4.69) is 15.3 Å². The van der Waals surface area contributed by atoms with Crippen LogP contribution in [0.15, 0.2) is 18.6 Å². The number of aromatic nitrogens is 2. The van der Waals surface area contributed by atoms with Gasteiger partial charge in [-0.25, -0.2) is 9.97 Å². The van der Waals surface area contributed by atoms with Crippen molar-refractivity contribution in [2.45, 2.75) is 18.9 Å². The van der Waals surface area contributed by atoms with Crippen molar-refractivity contribution in [1.82, 2.24) is 15.3 Å². The van der Waals surface area contributed by atoms with E-state index >= 15 is 0 Å². The van der Waals surface area contributed by atoms with Crippen molar-refractivity contribution >= 4 is 0 Å². The Morgan fingerprint density at radius 2 is 2.55 bits per heavy atom. The fourth-order valence-electron chi connectivity index (χ4n) is 1.44. The molecule has 1 N–H and O–H groups in total. The Balaban J connectivity index is 2.16. The lowest BCUT2D eigenvalue weighted by Gasteiger charge is -2.07. The summed E-state index contributed by atoms with van der Waals surface area (Å²) in [5.41, 5.74) is 1.12. The third kappa shape index (κ3) is 1.38. The number of rotatable bonds is 1. The number of nitrogens with one attached hydrogen (secondary N) is 1. The first-order valence-corrected chi connectivity index (χ1v) is 3.96. The van der Waals surface area contributed by atoms with Gasteiger partial charge in [0.25, 0.3) is 0 Å². The van der Waals surface area contributed by atoms with Gasteiger partial charge in [0, 0.05) is 12.2 Å². The smallest absolute Gasteiger partial charge is 0.115 e. The maximum Gasteiger partial charge on any atom is 0.115 e. The minimum absolute atomic E-state index is 0.470. The molecular formula is C8H11N3. The van der Waals surface area contributed by atoms with E-state index in [9.17, 15) is 0 Å². The van der Waals surface area contributed by atoms with Gasteiger partial charge in [0.05, 0.1) is 5.69 Å². The molecule has 2 heterocycles. The zero-order valence-corrected chi connectivity index (χ0v) is 6.33. The van der Waals surface area contributed by atoms with Gasteiger partial charge >= 0.3 is 0 Å². The third-order valence-corrected chi connectivity index (χ3v) is 2.02. The predicted octanol–water partition coefficient (Wildman–Crippen LogP) is 0.901. The van der Waals surface area contributed by atoms with E-state index < -0.39 is 0 Å². The third-order valence-electron chi connectivity index (χ3n) is 2.02. The molecule has 1 aliphatic heterocycles. The van der Waals surface area contributed by atoms with Crippen molar-refractivity contribution in [3.05, 3.63) is 24.3 Å². The Morgan fingerprint density at radius 1 is 1.55 bits per heavy atom. The molecule has 0 aromatic carbocycles. The van der Waals surface area contributed by atoms with E-state index in [4.69, 9.17) is 0 Å². The maximum atomic E-state index is 4.19. The Bertz CT molecular complexity index is 216. The molecule has 0 unspecified atom stereocenters. The second-order valence-corrected chi connectivity index (χ2v) is 2.78. The van der Waals surface area contributed by atoms with Gasteiger partial charge in [-0.15, -0.1) is 0 Å². The van der Waals surface area contributed by atoms with E-state index in [-0.39, 0.29) is 0 Å². The molecule has 3 heteroatoms. The molecule has 1 aromatic rings. The lowest BCUT2D eigenvalue weighted by atomic mass is 10.1. The van der Waals surface area contributed by atoms with Crippen LogP contribution >= 0.6 is 0 Å². The molecule has 1 saturated heterocycles. The molecule has 1 aromatic heterocycles. The highest BCUT2D eigenvalue weighted by Gasteiger charge is 2.16. The average molecular weight is 149 g/mol. The molecule has 2 rings (SSSR count). The zero-order valence-electron chi connectivity index (χ0n) is 6.33. The molecule has 0 bridgehead atoms. The molecule has 11 heavy (non-hydrogen) atoms. The first kappa shape index (κ1) is 6.73. The van der Waals surface area contributed by atoms with Crippen LogP contribution in [-0.2, 0) is 0 Å². The van der Waals surface area contributed by atoms with Crippen molar-refractivity contribution < 1.29 is 0 Å². The molecule has 58 valence electrons. The van der Waals surface area contributed by atoms with Gasteiger partial charge in [-0.2, -0.15) is 0 Å². The molecule has 0 saturated carbocycles. The fraction of sp³-hybridized carbons (Fsp3) is 0.500. The summed E-state index contributed by atoms with van der Waals surface area (Å²) in [7, 11) is 0. The summed E-state index contributed by atoms with van der Waals surface area (Å²) in [5.74, 6) is 0. The highest BCUT2D eigenvalue weighted by Crippen LogP contribution is 2.19. The summed E-state index contributed by atoms with van der Waals surface area (Å²) in [6.45, 7) is 1.12. The van der Waals surface area contributed by atoms with Gasteiger partial charge < -0.3 is 5.32 Å². The molecule has 1 atom stereocenters. The Morgan fingerprint density at radius 3 is 3.18 bits per heavy atom. The van der Waals surface area contributed by atoms with Crippen molar-refractivity contribution in [2.75, 3.05) is 6.54 Å². The summed E-state index contributed by atoms with van der Waals surface area (Å²) in [6, 6.07) is 2.45. The average Bonchev–Trinajstić information content (AvgIpc) is 2.58. The Kier molecular flexibility index (Phi) is 1.81. The van der Waals surface area contributed by atoms with Crippen molar-refractivity contribution in [1.29, 1.82) is 0 Å². The van der Waals surface area contributed by atoms with E-state index in [1.54, 1.807) is 12.5 Å². The van der Waals surface area contributed by atoms with Crippen LogP contribution in [0.2, 0.25) is 0 Å². The second kappa shape index (κ2) is 2.96. The lowest BCUT2D eigenvalue weighted by molar-refractivity contribution is 0.625. The van der Waals surface area contributed by atoms with Crippen LogP contribution in [-0.4, -0.2) is 16.5 Å². The molecule has 0 aliphatic carbocycles. The molecule has 3 nitrogen and oxygen atoms in total. The standard InChI is InChI=1S/C8H11N3/c1-2-7(10-4-1)8-3-5-9-6-11-8/h3,5-7,10H,1-2,4H2/t7-/m0/s1. The summed E-state index contributed by atoms with van der Waals surface area (Å²) < 4.78 is 0. The highest BCUT2D eigenvalue weighted by molar-refractivity contribution is 5.05. The molecule has 0 amide bonds. The summed E-state index contributed by atoms with van der Waals surface area (Å²) >= 11 is 0. The normalized spacial score (nSPS) is 23.8. The monoisotopic (exact) mass is 149 g/mol. The van der Waals surface area contributed by atoms with Crippen LogP contribution in [0, 0.1) is 0 Å². The predicted molar refractivity (Wildman–Crippen MR) is 42.0 cm³/mol. The molecule has 1 fully saturated rings. The summed E-state index contributed by atoms with van der Waals surface area (Å²) in [5, 5.41) is 3.38. The van der Waals surface area contributed by atoms with Gasteiger partial charge in [0.1, 0.15) is 6.33 Å². The molecule has 1 aliphatic rings. The van der Waals surface area contributed by atoms with E-state index in [1.807, 2.05) is 6.07 Å². The molecule has 0 spiro atoms. The number of hydrogen-bond donors (Lipinski definition) is 1. The van der Waals surface area contributed by atoms with Gasteiger partial charge in [-0.1, -0.05) is 0 Å². The minimum Gasteiger partial charge on any atom is -0.309 e. The van der Waals surface area contributed by atoms with E-state index in [0.29, 0.717) is 6.04 Å². The van der Waals surface area contributed by atoms with Crippen LogP contribution in [0.4, 0.5) is 0 Å². The quantitative estimate of drug-likeness (QED) is 0.644. The van der Waals surface area contributed by atoms with Crippen molar-refractivity contribution in [2.24, 2.45) is 0 Å². The van der Waals surface area contributed by atoms with Crippen LogP contribution in [0.25, 0.3) is 0 Å². The first-order chi connectivity index (χ1) is 5.47. The largest absolute Gasteiger partial charge is 0.309 e. The van der Waals surface area contributed by atoms with Crippen LogP contribution < -0.4 is 5.32 Å². The van der Waals surface area contributed by atoms with Gasteiger partial charge in [-0.3, -0.25) is 0 Å². The molecule has 0 radical (unpaired) electrons. The lowest BCUT2D eigenvalue weighted by Crippen LogP contribution is -2.13. The van der Waals surface area contributed by atoms with E-state index in [1.165, 1.54) is 12.8 Å². The summed E-state index contributed by atoms with van der Waals surface area (Å²) in [6.07, 6.45) is 5.86. The minimum atomic E-state index is 0.470. The van der Waals surface area contributed by atoms with Crippen LogP contribution in [0.5, 0.6) is 0 Å². The van der Waals surface area contributed by atoms with Crippen molar-refractivity contribution in [3.8, 4) is 0 Å². The van der Waals surface area contributed by atoms with Gasteiger partial charge in [-0.05, 0) is 25.5 Å². The zero-order chi connectivity index (χ0) is 7.52. The maximum absolute atomic E-state index is 4.19. The first-order valence-electron chi connectivity index (χ1n) is 3.96. The number of hydrogen-bond acceptors (Lipinski definition) is 3. The highest BCUT2D eigenvalue weighted by atomic mass is 15.0. The Hall–Kier alpha value is -0.960.